The highest BCUT2D eigenvalue weighted by Gasteiger charge is 2.29. The monoisotopic (exact) mass is 245 g/mol. The van der Waals surface area contributed by atoms with Crippen molar-refractivity contribution >= 4 is 34.8 Å². The second-order valence-electron chi connectivity index (χ2n) is 3.35. The molecule has 0 aliphatic carbocycles. The van der Waals surface area contributed by atoms with Crippen LogP contribution in [0.1, 0.15) is 0 Å². The summed E-state index contributed by atoms with van der Waals surface area (Å²) in [6.07, 6.45) is 0. The summed E-state index contributed by atoms with van der Waals surface area (Å²) in [6, 6.07) is 0. The zero-order chi connectivity index (χ0) is 10.8. The molecule has 13 heavy (non-hydrogen) atoms. The van der Waals surface area contributed by atoms with Crippen molar-refractivity contribution in [3.05, 3.63) is 0 Å². The molecule has 3 nitrogen and oxygen atoms in total. The maximum atomic E-state index is 5.99. The third-order valence-electron chi connectivity index (χ3n) is 1.90. The summed E-state index contributed by atoms with van der Waals surface area (Å²) in [4.78, 5) is 0. The van der Waals surface area contributed by atoms with E-state index in [-0.39, 0.29) is 0 Å². The van der Waals surface area contributed by atoms with Crippen molar-refractivity contribution in [2.45, 2.75) is 0 Å². The Labute approximate surface area is 91.3 Å². The summed E-state index contributed by atoms with van der Waals surface area (Å²) in [7, 11) is 10.1. The lowest BCUT2D eigenvalue weighted by atomic mass is 11.2. The highest BCUT2D eigenvalue weighted by molar-refractivity contribution is 7.76. The van der Waals surface area contributed by atoms with E-state index in [1.165, 1.54) is 0 Å². The molecular weight excluding hydrogens is 228 g/mol. The lowest BCUT2D eigenvalue weighted by molar-refractivity contribution is 0.484. The van der Waals surface area contributed by atoms with Crippen LogP contribution in [0.3, 0.4) is 0 Å². The summed E-state index contributed by atoms with van der Waals surface area (Å²) in [6.45, 7) is 0. The van der Waals surface area contributed by atoms with Gasteiger partial charge >= 0.3 is 0 Å². The molecule has 0 aliphatic rings. The molecule has 80 valence electrons. The van der Waals surface area contributed by atoms with E-state index in [9.17, 15) is 0 Å². The molecule has 0 saturated heterocycles. The molecule has 0 heterocycles. The molecule has 0 aromatic heterocycles. The molecule has 0 atom stereocenters. The van der Waals surface area contributed by atoms with Gasteiger partial charge in [0, 0.05) is 0 Å². The first-order valence-electron chi connectivity index (χ1n) is 3.88. The Morgan fingerprint density at radius 1 is 0.769 bits per heavy atom. The van der Waals surface area contributed by atoms with Gasteiger partial charge in [0.15, 0.2) is 0 Å². The lowest BCUT2D eigenvalue weighted by Crippen LogP contribution is -2.32. The van der Waals surface area contributed by atoms with Crippen molar-refractivity contribution in [2.24, 2.45) is 0 Å². The van der Waals surface area contributed by atoms with Crippen molar-refractivity contribution in [3.8, 4) is 0 Å². The zero-order valence-corrected chi connectivity index (χ0v) is 11.5. The van der Waals surface area contributed by atoms with Crippen LogP contribution in [-0.2, 0) is 0 Å². The van der Waals surface area contributed by atoms with E-state index in [4.69, 9.17) is 23.2 Å². The van der Waals surface area contributed by atoms with Gasteiger partial charge in [-0.3, -0.25) is 14.0 Å². The van der Waals surface area contributed by atoms with Gasteiger partial charge in [0.05, 0.1) is 0 Å². The van der Waals surface area contributed by atoms with E-state index < -0.39 is 7.34 Å². The molecule has 0 aliphatic heterocycles. The third kappa shape index (κ3) is 2.41. The average Bonchev–Trinajstić information content (AvgIpc) is 1.82. The second-order valence-corrected chi connectivity index (χ2v) is 8.81. The molecule has 0 rings (SSSR count). The van der Waals surface area contributed by atoms with Gasteiger partial charge in [0.25, 0.3) is 0 Å². The molecule has 0 fully saturated rings. The maximum Gasteiger partial charge on any atom is 0.145 e. The SMILES string of the molecule is CN(C)P(=C(Cl)Cl)(N(C)C)N(C)C. The predicted molar refractivity (Wildman–Crippen MR) is 64.7 cm³/mol. The quantitative estimate of drug-likeness (QED) is 0.705. The minimum Gasteiger partial charge on any atom is -0.265 e. The molecule has 0 saturated carbocycles. The minimum absolute atomic E-state index is 0.424. The molecule has 0 unspecified atom stereocenters. The van der Waals surface area contributed by atoms with Gasteiger partial charge in [0.1, 0.15) is 11.6 Å². The Balaban J connectivity index is 5.50. The maximum absolute atomic E-state index is 5.99. The highest BCUT2D eigenvalue weighted by atomic mass is 35.5. The highest BCUT2D eigenvalue weighted by Crippen LogP contribution is 2.55. The molecule has 0 bridgehead atoms. The van der Waals surface area contributed by atoms with Crippen LogP contribution in [0.2, 0.25) is 0 Å². The van der Waals surface area contributed by atoms with Gasteiger partial charge in [-0.25, -0.2) is 0 Å². The Kier molecular flexibility index (Phi) is 5.31. The summed E-state index contributed by atoms with van der Waals surface area (Å²) in [5.74, 6) is 0. The Bertz CT molecular complexity index is 193. The van der Waals surface area contributed by atoms with E-state index in [2.05, 4.69) is 14.0 Å². The predicted octanol–water partition coefficient (Wildman–Crippen LogP) is 2.00. The fraction of sp³-hybridized carbons (Fsp3) is 0.857. The standard InChI is InChI=1S/C7H18Cl2N3P/c1-10(2)13(7(8)9,11(3)4)12(5)6/h1-6H3. The number of nitrogens with zero attached hydrogens (tertiary/aromatic N) is 3. The Hall–Kier alpha value is 0.760. The van der Waals surface area contributed by atoms with Gasteiger partial charge in [-0.05, 0) is 42.3 Å². The summed E-state index contributed by atoms with van der Waals surface area (Å²) in [5, 5.41) is 0. The first-order chi connectivity index (χ1) is 5.77. The van der Waals surface area contributed by atoms with Crippen LogP contribution in [0, 0.1) is 0 Å². The molecule has 0 amide bonds. The van der Waals surface area contributed by atoms with E-state index in [0.29, 0.717) is 4.21 Å². The van der Waals surface area contributed by atoms with Crippen LogP contribution in [0.15, 0.2) is 0 Å². The van der Waals surface area contributed by atoms with Gasteiger partial charge in [-0.15, -0.1) is 0 Å². The second kappa shape index (κ2) is 5.01. The smallest absolute Gasteiger partial charge is 0.145 e. The normalized spacial score (nSPS) is 13.2. The van der Waals surface area contributed by atoms with Crippen molar-refractivity contribution in [2.75, 3.05) is 42.3 Å². The number of rotatable bonds is 3. The van der Waals surface area contributed by atoms with Crippen LogP contribution in [0.5, 0.6) is 0 Å². The van der Waals surface area contributed by atoms with Gasteiger partial charge in [0.2, 0.25) is 0 Å². The molecule has 0 spiro atoms. The average molecular weight is 246 g/mol. The lowest BCUT2D eigenvalue weighted by Gasteiger charge is -2.43. The van der Waals surface area contributed by atoms with E-state index in [0.717, 1.165) is 0 Å². The van der Waals surface area contributed by atoms with Gasteiger partial charge in [-0.1, -0.05) is 23.2 Å². The van der Waals surface area contributed by atoms with E-state index in [1.807, 2.05) is 42.3 Å². The summed E-state index contributed by atoms with van der Waals surface area (Å²) >= 11 is 12.0. The van der Waals surface area contributed by atoms with Crippen LogP contribution < -0.4 is 0 Å². The minimum atomic E-state index is -1.84. The molecule has 0 aromatic rings. The Morgan fingerprint density at radius 3 is 1.00 bits per heavy atom. The number of hydrogen-bond donors (Lipinski definition) is 0. The van der Waals surface area contributed by atoms with Crippen molar-refractivity contribution in [1.82, 2.24) is 14.0 Å². The molecule has 6 heteroatoms. The molecule has 0 radical (unpaired) electrons. The van der Waals surface area contributed by atoms with Gasteiger partial charge in [-0.2, -0.15) is 0 Å². The number of hydrogen-bond acceptors (Lipinski definition) is 3. The Morgan fingerprint density at radius 2 is 1.00 bits per heavy atom. The van der Waals surface area contributed by atoms with E-state index >= 15 is 0 Å². The number of halogens is 2. The fourth-order valence-electron chi connectivity index (χ4n) is 1.53. The molecule has 0 N–H and O–H groups in total. The van der Waals surface area contributed by atoms with Crippen LogP contribution in [0.4, 0.5) is 0 Å². The fourth-order valence-corrected chi connectivity index (χ4v) is 7.30. The molecule has 0 aromatic carbocycles. The summed E-state index contributed by atoms with van der Waals surface area (Å²) in [5.41, 5.74) is 0. The molecular formula is C7H18Cl2N3P. The largest absolute Gasteiger partial charge is 0.265 e. The van der Waals surface area contributed by atoms with E-state index in [1.54, 1.807) is 0 Å². The van der Waals surface area contributed by atoms with Crippen molar-refractivity contribution in [1.29, 1.82) is 0 Å². The first-order valence-corrected chi connectivity index (χ1v) is 6.29. The summed E-state index contributed by atoms with van der Waals surface area (Å²) < 4.78 is 6.64. The first kappa shape index (κ1) is 13.8. The third-order valence-corrected chi connectivity index (χ3v) is 7.06. The van der Waals surface area contributed by atoms with Crippen molar-refractivity contribution < 1.29 is 0 Å². The van der Waals surface area contributed by atoms with Crippen LogP contribution in [-0.4, -0.2) is 60.5 Å². The van der Waals surface area contributed by atoms with Gasteiger partial charge < -0.3 is 0 Å². The van der Waals surface area contributed by atoms with Crippen LogP contribution in [0.25, 0.3) is 0 Å². The van der Waals surface area contributed by atoms with Crippen molar-refractivity contribution in [3.63, 3.8) is 0 Å². The topological polar surface area (TPSA) is 9.72 Å². The zero-order valence-electron chi connectivity index (χ0n) is 9.04. The van der Waals surface area contributed by atoms with Crippen LogP contribution >= 0.6 is 30.5 Å².